The van der Waals surface area contributed by atoms with Gasteiger partial charge in [0, 0.05) is 51.4 Å². The largest absolute Gasteiger partial charge is 0.348 e. The molecule has 0 spiro atoms. The summed E-state index contributed by atoms with van der Waals surface area (Å²) in [5, 5.41) is 2.97. The number of likely N-dealkylation sites (N-methyl/N-ethyl adjacent to an activating group) is 1. The molecule has 138 valence electrons. The number of hydrogen-bond acceptors (Lipinski definition) is 4. The minimum absolute atomic E-state index is 0.0601. The van der Waals surface area contributed by atoms with Crippen LogP contribution in [-0.2, 0) is 19.6 Å². The fourth-order valence-corrected chi connectivity index (χ4v) is 3.10. The first-order chi connectivity index (χ1) is 12.6. The summed E-state index contributed by atoms with van der Waals surface area (Å²) in [7, 11) is 2.17. The Balaban J connectivity index is 1.48. The van der Waals surface area contributed by atoms with Crippen LogP contribution in [0.3, 0.4) is 0 Å². The van der Waals surface area contributed by atoms with E-state index in [1.165, 1.54) is 5.56 Å². The van der Waals surface area contributed by atoms with Gasteiger partial charge >= 0.3 is 0 Å². The molecule has 0 aromatic heterocycles. The van der Waals surface area contributed by atoms with E-state index in [0.717, 1.165) is 43.9 Å². The minimum atomic E-state index is -0.0601. The highest BCUT2D eigenvalue weighted by Crippen LogP contribution is 2.10. The van der Waals surface area contributed by atoms with Gasteiger partial charge in [-0.25, -0.2) is 0 Å². The molecule has 3 rings (SSSR count). The maximum absolute atomic E-state index is 12.2. The van der Waals surface area contributed by atoms with Gasteiger partial charge in [-0.1, -0.05) is 36.4 Å². The Labute approximate surface area is 155 Å². The van der Waals surface area contributed by atoms with Gasteiger partial charge in [-0.3, -0.25) is 9.69 Å². The lowest BCUT2D eigenvalue weighted by atomic mass is 10.1. The maximum atomic E-state index is 12.2. The number of piperazine rings is 1. The number of amides is 1. The molecule has 3 N–H and O–H groups in total. The Morgan fingerprint density at radius 3 is 2.12 bits per heavy atom. The van der Waals surface area contributed by atoms with Gasteiger partial charge in [-0.05, 0) is 35.9 Å². The molecule has 1 aliphatic rings. The molecule has 0 unspecified atom stereocenters. The van der Waals surface area contributed by atoms with E-state index in [0.29, 0.717) is 18.7 Å². The van der Waals surface area contributed by atoms with E-state index < -0.39 is 0 Å². The van der Waals surface area contributed by atoms with Gasteiger partial charge < -0.3 is 16.0 Å². The van der Waals surface area contributed by atoms with Crippen LogP contribution in [0, 0.1) is 0 Å². The second kappa shape index (κ2) is 8.94. The SMILES string of the molecule is CN1CCN(Cc2ccc(CNC(=O)c3ccc(CN)cc3)cc2)CC1. The zero-order valence-corrected chi connectivity index (χ0v) is 15.4. The van der Waals surface area contributed by atoms with Crippen LogP contribution in [-0.4, -0.2) is 48.9 Å². The first-order valence-corrected chi connectivity index (χ1v) is 9.20. The van der Waals surface area contributed by atoms with Crippen molar-refractivity contribution in [2.75, 3.05) is 33.2 Å². The van der Waals surface area contributed by atoms with E-state index in [2.05, 4.69) is 46.4 Å². The Bertz CT molecular complexity index is 704. The standard InChI is InChI=1S/C21H28N4O/c1-24-10-12-25(13-11-24)16-19-4-2-18(3-5-19)15-23-21(26)20-8-6-17(14-22)7-9-20/h2-9H,10-16,22H2,1H3,(H,23,26). The fraction of sp³-hybridized carbons (Fsp3) is 0.381. The van der Waals surface area contributed by atoms with E-state index in [1.54, 1.807) is 0 Å². The van der Waals surface area contributed by atoms with Crippen molar-refractivity contribution in [3.63, 3.8) is 0 Å². The lowest BCUT2D eigenvalue weighted by Gasteiger charge is -2.32. The minimum Gasteiger partial charge on any atom is -0.348 e. The maximum Gasteiger partial charge on any atom is 0.251 e. The molecule has 1 aliphatic heterocycles. The number of benzene rings is 2. The van der Waals surface area contributed by atoms with Gasteiger partial charge in [-0.15, -0.1) is 0 Å². The Morgan fingerprint density at radius 1 is 0.923 bits per heavy atom. The van der Waals surface area contributed by atoms with Gasteiger partial charge in [-0.2, -0.15) is 0 Å². The third kappa shape index (κ3) is 5.14. The first kappa shape index (κ1) is 18.6. The average Bonchev–Trinajstić information content (AvgIpc) is 2.69. The summed E-state index contributed by atoms with van der Waals surface area (Å²) in [6.07, 6.45) is 0. The van der Waals surface area contributed by atoms with Crippen molar-refractivity contribution in [2.45, 2.75) is 19.6 Å². The second-order valence-electron chi connectivity index (χ2n) is 6.98. The van der Waals surface area contributed by atoms with Crippen molar-refractivity contribution < 1.29 is 4.79 Å². The van der Waals surface area contributed by atoms with Crippen LogP contribution in [0.1, 0.15) is 27.0 Å². The number of carbonyl (C=O) groups is 1. The summed E-state index contributed by atoms with van der Waals surface area (Å²) in [5.74, 6) is -0.0601. The van der Waals surface area contributed by atoms with E-state index in [1.807, 2.05) is 24.3 Å². The summed E-state index contributed by atoms with van der Waals surface area (Å²) in [5.41, 5.74) is 9.70. The van der Waals surface area contributed by atoms with Crippen LogP contribution in [0.25, 0.3) is 0 Å². The van der Waals surface area contributed by atoms with Crippen LogP contribution >= 0.6 is 0 Å². The number of nitrogens with zero attached hydrogens (tertiary/aromatic N) is 2. The summed E-state index contributed by atoms with van der Waals surface area (Å²) in [6.45, 7) is 6.53. The molecule has 1 amide bonds. The monoisotopic (exact) mass is 352 g/mol. The molecule has 5 heteroatoms. The number of rotatable bonds is 6. The van der Waals surface area contributed by atoms with Gasteiger partial charge in [0.25, 0.3) is 5.91 Å². The van der Waals surface area contributed by atoms with Crippen LogP contribution < -0.4 is 11.1 Å². The van der Waals surface area contributed by atoms with Crippen molar-refractivity contribution in [2.24, 2.45) is 5.73 Å². The summed E-state index contributed by atoms with van der Waals surface area (Å²) in [6, 6.07) is 15.9. The Hall–Kier alpha value is -2.21. The van der Waals surface area contributed by atoms with Crippen molar-refractivity contribution >= 4 is 5.91 Å². The van der Waals surface area contributed by atoms with E-state index >= 15 is 0 Å². The Morgan fingerprint density at radius 2 is 1.50 bits per heavy atom. The predicted molar refractivity (Wildman–Crippen MR) is 105 cm³/mol. The van der Waals surface area contributed by atoms with Crippen molar-refractivity contribution in [1.29, 1.82) is 0 Å². The lowest BCUT2D eigenvalue weighted by molar-refractivity contribution is 0.0951. The molecular weight excluding hydrogens is 324 g/mol. The normalized spacial score (nSPS) is 15.8. The number of nitrogens with one attached hydrogen (secondary N) is 1. The summed E-state index contributed by atoms with van der Waals surface area (Å²) < 4.78 is 0. The third-order valence-corrected chi connectivity index (χ3v) is 4.93. The second-order valence-corrected chi connectivity index (χ2v) is 6.98. The van der Waals surface area contributed by atoms with E-state index in [9.17, 15) is 4.79 Å². The molecule has 0 atom stereocenters. The van der Waals surface area contributed by atoms with Gasteiger partial charge in [0.15, 0.2) is 0 Å². The molecular formula is C21H28N4O. The number of hydrogen-bond donors (Lipinski definition) is 2. The molecule has 0 aliphatic carbocycles. The quantitative estimate of drug-likeness (QED) is 0.833. The Kier molecular flexibility index (Phi) is 6.39. The van der Waals surface area contributed by atoms with Gasteiger partial charge in [0.05, 0.1) is 0 Å². The van der Waals surface area contributed by atoms with Crippen LogP contribution in [0.2, 0.25) is 0 Å². The fourth-order valence-electron chi connectivity index (χ4n) is 3.10. The topological polar surface area (TPSA) is 61.6 Å². The molecule has 0 saturated carbocycles. The van der Waals surface area contributed by atoms with Crippen molar-refractivity contribution in [1.82, 2.24) is 15.1 Å². The first-order valence-electron chi connectivity index (χ1n) is 9.20. The van der Waals surface area contributed by atoms with Crippen molar-refractivity contribution in [3.05, 3.63) is 70.8 Å². The molecule has 26 heavy (non-hydrogen) atoms. The number of nitrogens with two attached hydrogens (primary N) is 1. The molecule has 2 aromatic carbocycles. The van der Waals surface area contributed by atoms with Crippen molar-refractivity contribution in [3.8, 4) is 0 Å². The molecule has 2 aromatic rings. The van der Waals surface area contributed by atoms with Crippen LogP contribution in [0.5, 0.6) is 0 Å². The van der Waals surface area contributed by atoms with Gasteiger partial charge in [0.2, 0.25) is 0 Å². The smallest absolute Gasteiger partial charge is 0.251 e. The molecule has 1 fully saturated rings. The number of carbonyl (C=O) groups excluding carboxylic acids is 1. The molecule has 1 saturated heterocycles. The van der Waals surface area contributed by atoms with Gasteiger partial charge in [0.1, 0.15) is 0 Å². The third-order valence-electron chi connectivity index (χ3n) is 4.93. The zero-order valence-electron chi connectivity index (χ0n) is 15.4. The molecule has 0 radical (unpaired) electrons. The zero-order chi connectivity index (χ0) is 18.4. The average molecular weight is 352 g/mol. The predicted octanol–water partition coefficient (Wildman–Crippen LogP) is 1.82. The molecule has 5 nitrogen and oxygen atoms in total. The van der Waals surface area contributed by atoms with E-state index in [-0.39, 0.29) is 5.91 Å². The highest BCUT2D eigenvalue weighted by Gasteiger charge is 2.13. The highest BCUT2D eigenvalue weighted by molar-refractivity contribution is 5.94. The van der Waals surface area contributed by atoms with Crippen LogP contribution in [0.15, 0.2) is 48.5 Å². The lowest BCUT2D eigenvalue weighted by Crippen LogP contribution is -2.43. The molecule has 1 heterocycles. The highest BCUT2D eigenvalue weighted by atomic mass is 16.1. The van der Waals surface area contributed by atoms with Crippen LogP contribution in [0.4, 0.5) is 0 Å². The summed E-state index contributed by atoms with van der Waals surface area (Å²) >= 11 is 0. The van der Waals surface area contributed by atoms with E-state index in [4.69, 9.17) is 5.73 Å². The molecule has 0 bridgehead atoms. The summed E-state index contributed by atoms with van der Waals surface area (Å²) in [4.78, 5) is 17.1.